The van der Waals surface area contributed by atoms with E-state index in [1.807, 2.05) is 0 Å². The fourth-order valence-electron chi connectivity index (χ4n) is 0.998. The number of hydrogen-bond acceptors (Lipinski definition) is 4. The lowest BCUT2D eigenvalue weighted by atomic mass is 10.3. The summed E-state index contributed by atoms with van der Waals surface area (Å²) in [6, 6.07) is 8.31. The van der Waals surface area contributed by atoms with Gasteiger partial charge in [-0.25, -0.2) is 4.57 Å². The smallest absolute Gasteiger partial charge is 0.377 e. The molecule has 4 N–H and O–H groups in total. The van der Waals surface area contributed by atoms with Gasteiger partial charge in [-0.1, -0.05) is 23.4 Å². The molecule has 1 aromatic rings. The molecular weight excluding hydrogens is 231 g/mol. The van der Waals surface area contributed by atoms with Gasteiger partial charge in [-0.05, 0) is 12.1 Å². The van der Waals surface area contributed by atoms with Crippen molar-refractivity contribution in [3.8, 4) is 5.75 Å². The number of rotatable bonds is 5. The normalized spacial score (nSPS) is 15.4. The van der Waals surface area contributed by atoms with E-state index in [4.69, 9.17) is 15.5 Å². The number of nitrogens with two attached hydrogens (primary N) is 1. The minimum absolute atomic E-state index is 0.00287. The summed E-state index contributed by atoms with van der Waals surface area (Å²) in [5, 5.41) is 11.0. The number of nitrogens with zero attached hydrogens (tertiary/aromatic N) is 1. The lowest BCUT2D eigenvalue weighted by Gasteiger charge is -2.12. The van der Waals surface area contributed by atoms with Crippen molar-refractivity contribution in [1.82, 2.24) is 0 Å². The van der Waals surface area contributed by atoms with Crippen molar-refractivity contribution in [2.45, 2.75) is 6.42 Å². The van der Waals surface area contributed by atoms with Gasteiger partial charge in [0.25, 0.3) is 0 Å². The summed E-state index contributed by atoms with van der Waals surface area (Å²) in [6.07, 6.45) is -0.200. The molecule has 0 saturated carbocycles. The fourth-order valence-corrected chi connectivity index (χ4v) is 2.05. The Balaban J connectivity index is 2.56. The molecule has 0 bridgehead atoms. The second-order valence-corrected chi connectivity index (χ2v) is 5.01. The SMILES string of the molecule is NC(CCP(=O)(O)Oc1ccccc1)=NO. The van der Waals surface area contributed by atoms with Crippen molar-refractivity contribution in [2.75, 3.05) is 6.16 Å². The van der Waals surface area contributed by atoms with E-state index in [0.717, 1.165) is 0 Å². The Labute approximate surface area is 92.9 Å². The summed E-state index contributed by atoms with van der Waals surface area (Å²) in [7, 11) is -3.75. The molecule has 0 spiro atoms. The summed E-state index contributed by atoms with van der Waals surface area (Å²) >= 11 is 0. The number of oxime groups is 1. The maximum absolute atomic E-state index is 11.5. The zero-order valence-corrected chi connectivity index (χ0v) is 9.38. The van der Waals surface area contributed by atoms with Gasteiger partial charge in [0.15, 0.2) is 0 Å². The summed E-state index contributed by atoms with van der Waals surface area (Å²) in [5.41, 5.74) is 5.19. The molecule has 1 aromatic carbocycles. The lowest BCUT2D eigenvalue weighted by molar-refractivity contribution is 0.317. The second kappa shape index (κ2) is 5.53. The van der Waals surface area contributed by atoms with Gasteiger partial charge in [0.05, 0.1) is 6.16 Å². The highest BCUT2D eigenvalue weighted by atomic mass is 31.2. The van der Waals surface area contributed by atoms with E-state index in [1.54, 1.807) is 30.3 Å². The average molecular weight is 244 g/mol. The molecule has 1 rings (SSSR count). The molecule has 0 heterocycles. The van der Waals surface area contributed by atoms with Crippen LogP contribution in [0.2, 0.25) is 0 Å². The number of benzene rings is 1. The first-order chi connectivity index (χ1) is 7.53. The Kier molecular flexibility index (Phi) is 4.34. The summed E-state index contributed by atoms with van der Waals surface area (Å²) < 4.78 is 16.5. The molecule has 1 atom stereocenters. The molecule has 1 unspecified atom stereocenters. The topological polar surface area (TPSA) is 105 Å². The van der Waals surface area contributed by atoms with Crippen LogP contribution in [0.5, 0.6) is 5.75 Å². The van der Waals surface area contributed by atoms with Crippen molar-refractivity contribution < 1.29 is 19.2 Å². The fraction of sp³-hybridized carbons (Fsp3) is 0.222. The zero-order chi connectivity index (χ0) is 12.0. The highest BCUT2D eigenvalue weighted by molar-refractivity contribution is 7.53. The van der Waals surface area contributed by atoms with E-state index in [1.165, 1.54) is 0 Å². The van der Waals surface area contributed by atoms with E-state index >= 15 is 0 Å². The molecule has 0 saturated heterocycles. The van der Waals surface area contributed by atoms with Crippen molar-refractivity contribution in [3.63, 3.8) is 0 Å². The highest BCUT2D eigenvalue weighted by Gasteiger charge is 2.21. The molecular formula is C9H13N2O4P. The Morgan fingerprint density at radius 3 is 2.62 bits per heavy atom. The average Bonchev–Trinajstić information content (AvgIpc) is 2.27. The van der Waals surface area contributed by atoms with Crippen molar-refractivity contribution in [2.24, 2.45) is 10.9 Å². The third-order valence-corrected chi connectivity index (χ3v) is 3.06. The molecule has 6 nitrogen and oxygen atoms in total. The molecule has 0 aliphatic carbocycles. The third kappa shape index (κ3) is 4.33. The monoisotopic (exact) mass is 244 g/mol. The molecule has 0 fully saturated rings. The molecule has 0 radical (unpaired) electrons. The second-order valence-electron chi connectivity index (χ2n) is 3.11. The van der Waals surface area contributed by atoms with Crippen LogP contribution in [0.15, 0.2) is 35.5 Å². The maximum Gasteiger partial charge on any atom is 0.377 e. The van der Waals surface area contributed by atoms with Gasteiger partial charge in [0.1, 0.15) is 11.6 Å². The van der Waals surface area contributed by atoms with E-state index in [-0.39, 0.29) is 18.4 Å². The number of hydrogen-bond donors (Lipinski definition) is 3. The number of para-hydroxylation sites is 1. The van der Waals surface area contributed by atoms with Crippen molar-refractivity contribution >= 4 is 13.4 Å². The van der Waals surface area contributed by atoms with E-state index in [9.17, 15) is 9.46 Å². The molecule has 0 aromatic heterocycles. The van der Waals surface area contributed by atoms with E-state index in [0.29, 0.717) is 5.75 Å². The standard InChI is InChI=1S/C9H13N2O4P/c10-9(11-12)6-7-16(13,14)15-8-4-2-1-3-5-8/h1-5,12H,6-7H2,(H2,10,11)(H,13,14). The predicted octanol–water partition coefficient (Wildman–Crippen LogP) is 1.39. The van der Waals surface area contributed by atoms with Crippen LogP contribution < -0.4 is 10.3 Å². The summed E-state index contributed by atoms with van der Waals surface area (Å²) in [6.45, 7) is 0. The number of amidine groups is 1. The van der Waals surface area contributed by atoms with Crippen LogP contribution in [-0.2, 0) is 4.57 Å². The van der Waals surface area contributed by atoms with Crippen LogP contribution in [0, 0.1) is 0 Å². The molecule has 0 amide bonds. The minimum Gasteiger partial charge on any atom is -0.424 e. The third-order valence-electron chi connectivity index (χ3n) is 1.77. The summed E-state index contributed by atoms with van der Waals surface area (Å²) in [5.74, 6) is 0.207. The van der Waals surface area contributed by atoms with Crippen LogP contribution in [0.1, 0.15) is 6.42 Å². The maximum atomic E-state index is 11.5. The quantitative estimate of drug-likeness (QED) is 0.238. The first kappa shape index (κ1) is 12.5. The largest absolute Gasteiger partial charge is 0.424 e. The Hall–Kier alpha value is -1.52. The molecule has 88 valence electrons. The van der Waals surface area contributed by atoms with Crippen LogP contribution in [0.3, 0.4) is 0 Å². The highest BCUT2D eigenvalue weighted by Crippen LogP contribution is 2.42. The Morgan fingerprint density at radius 1 is 1.44 bits per heavy atom. The summed E-state index contributed by atoms with van der Waals surface area (Å²) in [4.78, 5) is 9.45. The van der Waals surface area contributed by atoms with Crippen LogP contribution in [0.4, 0.5) is 0 Å². The van der Waals surface area contributed by atoms with Crippen LogP contribution in [0.25, 0.3) is 0 Å². The van der Waals surface area contributed by atoms with Crippen LogP contribution in [-0.4, -0.2) is 22.1 Å². The van der Waals surface area contributed by atoms with E-state index in [2.05, 4.69) is 5.16 Å². The molecule has 16 heavy (non-hydrogen) atoms. The Morgan fingerprint density at radius 2 is 2.06 bits per heavy atom. The van der Waals surface area contributed by atoms with E-state index < -0.39 is 7.60 Å². The van der Waals surface area contributed by atoms with Gasteiger partial charge < -0.3 is 20.4 Å². The molecule has 0 aliphatic heterocycles. The molecule has 0 aliphatic rings. The van der Waals surface area contributed by atoms with Gasteiger partial charge in [-0.3, -0.25) is 0 Å². The van der Waals surface area contributed by atoms with Gasteiger partial charge in [0.2, 0.25) is 0 Å². The first-order valence-electron chi connectivity index (χ1n) is 4.56. The first-order valence-corrected chi connectivity index (χ1v) is 6.32. The predicted molar refractivity (Wildman–Crippen MR) is 59.8 cm³/mol. The van der Waals surface area contributed by atoms with Gasteiger partial charge in [-0.2, -0.15) is 0 Å². The zero-order valence-electron chi connectivity index (χ0n) is 8.48. The van der Waals surface area contributed by atoms with Crippen LogP contribution >= 0.6 is 7.60 Å². The van der Waals surface area contributed by atoms with Crippen molar-refractivity contribution in [3.05, 3.63) is 30.3 Å². The van der Waals surface area contributed by atoms with Gasteiger partial charge >= 0.3 is 7.60 Å². The van der Waals surface area contributed by atoms with Crippen molar-refractivity contribution in [1.29, 1.82) is 0 Å². The van der Waals surface area contributed by atoms with Gasteiger partial charge in [-0.15, -0.1) is 0 Å². The molecule has 7 heteroatoms. The minimum atomic E-state index is -3.75. The van der Waals surface area contributed by atoms with Gasteiger partial charge in [0, 0.05) is 6.42 Å². The lowest BCUT2D eigenvalue weighted by Crippen LogP contribution is -2.14. The Bertz CT molecular complexity index is 407.